The van der Waals surface area contributed by atoms with E-state index in [0.717, 1.165) is 12.8 Å². The summed E-state index contributed by atoms with van der Waals surface area (Å²) in [6.07, 6.45) is 2.10. The lowest BCUT2D eigenvalue weighted by atomic mass is 9.43. The van der Waals surface area contributed by atoms with E-state index in [-0.39, 0.29) is 29.3 Å². The van der Waals surface area contributed by atoms with Crippen LogP contribution >= 0.6 is 0 Å². The molecule has 1 amide bonds. The monoisotopic (exact) mass is 473 g/mol. The molecule has 2 N–H and O–H groups in total. The molecule has 4 fully saturated rings. The summed E-state index contributed by atoms with van der Waals surface area (Å²) in [7, 11) is 0.664. The number of rotatable bonds is 8. The molecule has 184 valence electrons. The number of carbonyl (C=O) groups is 3. The van der Waals surface area contributed by atoms with Gasteiger partial charge in [-0.2, -0.15) is 0 Å². The molecule has 9 nitrogen and oxygen atoms in total. The Kier molecular flexibility index (Phi) is 6.41. The van der Waals surface area contributed by atoms with Crippen LogP contribution in [-0.4, -0.2) is 61.4 Å². The van der Waals surface area contributed by atoms with Crippen LogP contribution in [0.25, 0.3) is 0 Å². The average molecular weight is 473 g/mol. The van der Waals surface area contributed by atoms with Crippen molar-refractivity contribution in [2.75, 3.05) is 13.7 Å². The molecule has 4 aliphatic rings. The van der Waals surface area contributed by atoms with Crippen LogP contribution in [0.5, 0.6) is 5.75 Å². The van der Waals surface area contributed by atoms with Crippen molar-refractivity contribution in [3.8, 4) is 5.75 Å². The maximum absolute atomic E-state index is 12.6. The molecule has 10 heteroatoms. The highest BCUT2D eigenvalue weighted by molar-refractivity contribution is 6.48. The van der Waals surface area contributed by atoms with Crippen LogP contribution in [0.2, 0.25) is 0 Å². The Hall–Kier alpha value is -2.59. The first-order valence-corrected chi connectivity index (χ1v) is 11.6. The van der Waals surface area contributed by atoms with Gasteiger partial charge in [0.25, 0.3) is 5.91 Å². The van der Waals surface area contributed by atoms with E-state index in [4.69, 9.17) is 18.8 Å². The zero-order chi connectivity index (χ0) is 24.8. The lowest BCUT2D eigenvalue weighted by Crippen LogP contribution is -2.65. The molecule has 5 unspecified atom stereocenters. The lowest BCUT2D eigenvalue weighted by molar-refractivity contribution is -0.199. The fourth-order valence-corrected chi connectivity index (χ4v) is 6.09. The summed E-state index contributed by atoms with van der Waals surface area (Å²) in [5.74, 6) is -1.67. The van der Waals surface area contributed by atoms with Gasteiger partial charge < -0.3 is 29.2 Å². The van der Waals surface area contributed by atoms with E-state index in [1.807, 2.05) is 0 Å². The number of carboxylic acids is 1. The number of methoxy groups -OCH3 is 1. The number of hydrogen-bond donors (Lipinski definition) is 2. The largest absolute Gasteiger partial charge is 0.496 e. The van der Waals surface area contributed by atoms with E-state index in [1.54, 1.807) is 12.1 Å². The smallest absolute Gasteiger partial charge is 0.482 e. The van der Waals surface area contributed by atoms with E-state index in [2.05, 4.69) is 26.1 Å². The van der Waals surface area contributed by atoms with Gasteiger partial charge in [0, 0.05) is 6.92 Å². The summed E-state index contributed by atoms with van der Waals surface area (Å²) in [4.78, 5) is 35.4. The summed E-state index contributed by atoms with van der Waals surface area (Å²) >= 11 is 0. The van der Waals surface area contributed by atoms with Crippen molar-refractivity contribution in [3.63, 3.8) is 0 Å². The number of para-hydroxylation sites is 1. The normalized spacial score (nSPS) is 29.4. The minimum atomic E-state index is -1.11. The molecule has 34 heavy (non-hydrogen) atoms. The molecule has 0 aromatic heterocycles. The van der Waals surface area contributed by atoms with Gasteiger partial charge in [-0.1, -0.05) is 26.0 Å². The maximum Gasteiger partial charge on any atom is 0.482 e. The van der Waals surface area contributed by atoms with E-state index < -0.39 is 43.1 Å². The molecule has 1 aromatic carbocycles. The number of benzene rings is 1. The van der Waals surface area contributed by atoms with Gasteiger partial charge in [0.05, 0.1) is 24.8 Å². The standard InChI is InChI=1S/C24H32BNO8/c1-13(27)32-12-20(28)26-19(9-14-7-6-8-16(22(29)30)21(14)31-5)25-33-18-11-15-10-17(23(15,2)3)24(18,4)34-25/h6-8,15,17-19H,9-12H2,1-5H3,(H,26,28)(H,29,30). The second-order valence-corrected chi connectivity index (χ2v) is 10.3. The molecular weight excluding hydrogens is 441 g/mol. The molecular formula is C24H32BNO8. The SMILES string of the molecule is COc1c(CC(NC(=O)COC(C)=O)B2OC3CC4CC(C4(C)C)C3(C)O2)cccc1C(=O)O. The average Bonchev–Trinajstić information content (AvgIpc) is 3.14. The van der Waals surface area contributed by atoms with Crippen LogP contribution < -0.4 is 10.1 Å². The second kappa shape index (κ2) is 8.89. The first-order valence-electron chi connectivity index (χ1n) is 11.6. The molecule has 3 saturated carbocycles. The highest BCUT2D eigenvalue weighted by Crippen LogP contribution is 2.65. The lowest BCUT2D eigenvalue weighted by Gasteiger charge is -2.64. The molecule has 1 aliphatic heterocycles. The molecule has 1 aromatic rings. The number of carboxylic acid groups (broad SMARTS) is 1. The molecule has 1 heterocycles. The Morgan fingerprint density at radius 1 is 1.26 bits per heavy atom. The zero-order valence-electron chi connectivity index (χ0n) is 20.3. The van der Waals surface area contributed by atoms with Crippen LogP contribution in [-0.2, 0) is 30.1 Å². The van der Waals surface area contributed by atoms with Crippen molar-refractivity contribution in [1.29, 1.82) is 0 Å². The van der Waals surface area contributed by atoms with Gasteiger partial charge in [-0.05, 0) is 55.1 Å². The highest BCUT2D eigenvalue weighted by Gasteiger charge is 2.68. The van der Waals surface area contributed by atoms with E-state index in [9.17, 15) is 19.5 Å². The van der Waals surface area contributed by atoms with Crippen molar-refractivity contribution in [3.05, 3.63) is 29.3 Å². The third-order valence-electron chi connectivity index (χ3n) is 8.02. The minimum absolute atomic E-state index is 0.0291. The third-order valence-corrected chi connectivity index (χ3v) is 8.02. The van der Waals surface area contributed by atoms with Crippen molar-refractivity contribution in [2.45, 2.75) is 64.6 Å². The fraction of sp³-hybridized carbons (Fsp3) is 0.625. The summed E-state index contributed by atoms with van der Waals surface area (Å²) in [5.41, 5.74) is 0.310. The third kappa shape index (κ3) is 4.18. The number of nitrogens with one attached hydrogen (secondary N) is 1. The predicted octanol–water partition coefficient (Wildman–Crippen LogP) is 2.25. The molecule has 1 saturated heterocycles. The highest BCUT2D eigenvalue weighted by atomic mass is 16.7. The number of amides is 1. The molecule has 0 radical (unpaired) electrons. The number of ether oxygens (including phenoxy) is 2. The van der Waals surface area contributed by atoms with Crippen LogP contribution in [0.4, 0.5) is 0 Å². The Bertz CT molecular complexity index is 997. The van der Waals surface area contributed by atoms with E-state index >= 15 is 0 Å². The van der Waals surface area contributed by atoms with E-state index in [1.165, 1.54) is 20.1 Å². The first kappa shape index (κ1) is 24.5. The summed E-state index contributed by atoms with van der Waals surface area (Å²) < 4.78 is 23.2. The molecule has 3 aliphatic carbocycles. The summed E-state index contributed by atoms with van der Waals surface area (Å²) in [6.45, 7) is 7.43. The second-order valence-electron chi connectivity index (χ2n) is 10.3. The zero-order valence-corrected chi connectivity index (χ0v) is 20.3. The molecule has 5 rings (SSSR count). The van der Waals surface area contributed by atoms with E-state index in [0.29, 0.717) is 17.4 Å². The van der Waals surface area contributed by atoms with Gasteiger partial charge in [-0.3, -0.25) is 9.59 Å². The number of aromatic carboxylic acids is 1. The molecule has 2 bridgehead atoms. The van der Waals surface area contributed by atoms with Crippen LogP contribution in [0, 0.1) is 17.3 Å². The van der Waals surface area contributed by atoms with Crippen molar-refractivity contribution in [1.82, 2.24) is 5.32 Å². The van der Waals surface area contributed by atoms with Crippen LogP contribution in [0.15, 0.2) is 18.2 Å². The fourth-order valence-electron chi connectivity index (χ4n) is 6.09. The summed E-state index contributed by atoms with van der Waals surface area (Å²) in [6, 6.07) is 4.85. The minimum Gasteiger partial charge on any atom is -0.496 e. The molecule has 5 atom stereocenters. The maximum atomic E-state index is 12.6. The van der Waals surface area contributed by atoms with Crippen molar-refractivity contribution < 1.29 is 38.3 Å². The van der Waals surface area contributed by atoms with Gasteiger partial charge in [0.1, 0.15) is 11.3 Å². The number of esters is 1. The topological polar surface area (TPSA) is 120 Å². The number of carbonyl (C=O) groups excluding carboxylic acids is 2. The Labute approximate surface area is 199 Å². The van der Waals surface area contributed by atoms with Gasteiger partial charge in [0.2, 0.25) is 0 Å². The van der Waals surface area contributed by atoms with Gasteiger partial charge in [-0.15, -0.1) is 0 Å². The Morgan fingerprint density at radius 3 is 2.62 bits per heavy atom. The van der Waals surface area contributed by atoms with Crippen LogP contribution in [0.1, 0.15) is 56.5 Å². The Balaban J connectivity index is 1.60. The van der Waals surface area contributed by atoms with Gasteiger partial charge in [-0.25, -0.2) is 4.79 Å². The van der Waals surface area contributed by atoms with Crippen molar-refractivity contribution >= 4 is 25.0 Å². The number of hydrogen-bond acceptors (Lipinski definition) is 7. The molecule has 0 spiro atoms. The predicted molar refractivity (Wildman–Crippen MR) is 122 cm³/mol. The van der Waals surface area contributed by atoms with Crippen molar-refractivity contribution in [2.24, 2.45) is 17.3 Å². The quantitative estimate of drug-likeness (QED) is 0.436. The Morgan fingerprint density at radius 2 is 2.00 bits per heavy atom. The first-order chi connectivity index (χ1) is 16.0. The van der Waals surface area contributed by atoms with Gasteiger partial charge in [0.15, 0.2) is 6.61 Å². The van der Waals surface area contributed by atoms with Crippen LogP contribution in [0.3, 0.4) is 0 Å². The summed E-state index contributed by atoms with van der Waals surface area (Å²) in [5, 5.41) is 12.4. The van der Waals surface area contributed by atoms with Gasteiger partial charge >= 0.3 is 19.1 Å².